The Morgan fingerprint density at radius 2 is 1.75 bits per heavy atom. The zero-order chi connectivity index (χ0) is 9.41. The molecular weight excluding hydrogens is 146 g/mol. The molecule has 0 fully saturated rings. The quantitative estimate of drug-likeness (QED) is 0.543. The maximum absolute atomic E-state index is 2.52. The molecule has 0 radical (unpaired) electrons. The molecule has 0 spiro atoms. The van der Waals surface area contributed by atoms with Crippen LogP contribution in [-0.2, 0) is 0 Å². The standard InChI is InChI=1S/C11H21N/c1-6-12-9-10(2,3)7-8-11(12,4)5/h7-8H,6,9H2,1-5H3. The van der Waals surface area contributed by atoms with Gasteiger partial charge in [0.1, 0.15) is 0 Å². The van der Waals surface area contributed by atoms with Crippen molar-refractivity contribution in [2.75, 3.05) is 13.1 Å². The van der Waals surface area contributed by atoms with E-state index in [2.05, 4.69) is 51.7 Å². The van der Waals surface area contributed by atoms with Crippen molar-refractivity contribution in [3.8, 4) is 0 Å². The fraction of sp³-hybridized carbons (Fsp3) is 0.818. The average Bonchev–Trinajstić information content (AvgIpc) is 1.95. The van der Waals surface area contributed by atoms with Crippen LogP contribution < -0.4 is 0 Å². The third-order valence-electron chi connectivity index (χ3n) is 2.74. The van der Waals surface area contributed by atoms with E-state index in [-0.39, 0.29) is 5.54 Å². The van der Waals surface area contributed by atoms with Crippen molar-refractivity contribution in [2.45, 2.75) is 40.2 Å². The van der Waals surface area contributed by atoms with Gasteiger partial charge in [-0.25, -0.2) is 0 Å². The fourth-order valence-electron chi connectivity index (χ4n) is 1.80. The number of nitrogens with zero attached hydrogens (tertiary/aromatic N) is 1. The van der Waals surface area contributed by atoms with Gasteiger partial charge in [-0.3, -0.25) is 4.90 Å². The molecule has 1 rings (SSSR count). The largest absolute Gasteiger partial charge is 0.294 e. The van der Waals surface area contributed by atoms with E-state index in [1.54, 1.807) is 0 Å². The predicted molar refractivity (Wildman–Crippen MR) is 54.2 cm³/mol. The van der Waals surface area contributed by atoms with Crippen LogP contribution in [0.3, 0.4) is 0 Å². The molecule has 0 aliphatic carbocycles. The van der Waals surface area contributed by atoms with Crippen molar-refractivity contribution < 1.29 is 0 Å². The second kappa shape index (κ2) is 2.88. The molecule has 0 aromatic rings. The van der Waals surface area contributed by atoms with Crippen molar-refractivity contribution in [1.82, 2.24) is 4.90 Å². The molecular formula is C11H21N. The normalized spacial score (nSPS) is 27.4. The minimum absolute atomic E-state index is 0.254. The van der Waals surface area contributed by atoms with Crippen molar-refractivity contribution in [2.24, 2.45) is 5.41 Å². The van der Waals surface area contributed by atoms with Crippen molar-refractivity contribution in [3.05, 3.63) is 12.2 Å². The van der Waals surface area contributed by atoms with E-state index in [1.165, 1.54) is 6.54 Å². The third-order valence-corrected chi connectivity index (χ3v) is 2.74. The average molecular weight is 167 g/mol. The van der Waals surface area contributed by atoms with Crippen molar-refractivity contribution >= 4 is 0 Å². The van der Waals surface area contributed by atoms with E-state index in [0.717, 1.165) is 6.54 Å². The Morgan fingerprint density at radius 3 is 2.17 bits per heavy atom. The van der Waals surface area contributed by atoms with Crippen LogP contribution >= 0.6 is 0 Å². The van der Waals surface area contributed by atoms with Crippen LogP contribution in [0.2, 0.25) is 0 Å². The van der Waals surface area contributed by atoms with E-state index >= 15 is 0 Å². The van der Waals surface area contributed by atoms with Gasteiger partial charge >= 0.3 is 0 Å². The summed E-state index contributed by atoms with van der Waals surface area (Å²) in [7, 11) is 0. The Kier molecular flexibility index (Phi) is 2.35. The van der Waals surface area contributed by atoms with Gasteiger partial charge in [-0.1, -0.05) is 32.9 Å². The summed E-state index contributed by atoms with van der Waals surface area (Å²) in [6.45, 7) is 13.7. The molecule has 1 aliphatic heterocycles. The van der Waals surface area contributed by atoms with Crippen LogP contribution in [0.25, 0.3) is 0 Å². The molecule has 0 atom stereocenters. The van der Waals surface area contributed by atoms with Crippen molar-refractivity contribution in [1.29, 1.82) is 0 Å². The summed E-state index contributed by atoms with van der Waals surface area (Å²) < 4.78 is 0. The second-order valence-electron chi connectivity index (χ2n) is 4.99. The van der Waals surface area contributed by atoms with Gasteiger partial charge in [-0.15, -0.1) is 0 Å². The van der Waals surface area contributed by atoms with E-state index < -0.39 is 0 Å². The first-order chi connectivity index (χ1) is 5.37. The Bertz CT molecular complexity index is 189. The lowest BCUT2D eigenvalue weighted by molar-refractivity contribution is 0.112. The molecule has 12 heavy (non-hydrogen) atoms. The van der Waals surface area contributed by atoms with Gasteiger partial charge in [0.05, 0.1) is 0 Å². The zero-order valence-corrected chi connectivity index (χ0v) is 9.02. The van der Waals surface area contributed by atoms with Crippen LogP contribution in [0.15, 0.2) is 12.2 Å². The SMILES string of the molecule is CCN1CC(C)(C)C=CC1(C)C. The highest BCUT2D eigenvalue weighted by Crippen LogP contribution is 2.30. The number of rotatable bonds is 1. The zero-order valence-electron chi connectivity index (χ0n) is 9.02. The lowest BCUT2D eigenvalue weighted by Crippen LogP contribution is -2.49. The van der Waals surface area contributed by atoms with Gasteiger partial charge < -0.3 is 0 Å². The smallest absolute Gasteiger partial charge is 0.0335 e. The summed E-state index contributed by atoms with van der Waals surface area (Å²) in [6, 6.07) is 0. The third kappa shape index (κ3) is 1.89. The first-order valence-corrected chi connectivity index (χ1v) is 4.83. The lowest BCUT2D eigenvalue weighted by Gasteiger charge is -2.44. The topological polar surface area (TPSA) is 3.24 Å². The molecule has 0 saturated carbocycles. The highest BCUT2D eigenvalue weighted by Gasteiger charge is 2.32. The Labute approximate surface area is 76.5 Å². The Morgan fingerprint density at radius 1 is 1.17 bits per heavy atom. The molecule has 0 amide bonds. The molecule has 1 nitrogen and oxygen atoms in total. The highest BCUT2D eigenvalue weighted by molar-refractivity contribution is 5.12. The molecule has 0 aromatic carbocycles. The summed E-state index contributed by atoms with van der Waals surface area (Å²) in [5, 5.41) is 0. The molecule has 1 heterocycles. The minimum Gasteiger partial charge on any atom is -0.294 e. The van der Waals surface area contributed by atoms with Crippen LogP contribution in [0.5, 0.6) is 0 Å². The molecule has 0 saturated heterocycles. The molecule has 0 aromatic heterocycles. The first kappa shape index (κ1) is 9.79. The number of hydrogen-bond acceptors (Lipinski definition) is 1. The number of likely N-dealkylation sites (N-methyl/N-ethyl adjacent to an activating group) is 1. The van der Waals surface area contributed by atoms with Crippen LogP contribution in [-0.4, -0.2) is 23.5 Å². The predicted octanol–water partition coefficient (Wildman–Crippen LogP) is 2.68. The van der Waals surface area contributed by atoms with Crippen LogP contribution in [0, 0.1) is 5.41 Å². The van der Waals surface area contributed by atoms with E-state index in [4.69, 9.17) is 0 Å². The molecule has 1 aliphatic rings. The summed E-state index contributed by atoms with van der Waals surface area (Å²) in [5.74, 6) is 0. The van der Waals surface area contributed by atoms with E-state index in [0.29, 0.717) is 5.41 Å². The van der Waals surface area contributed by atoms with Gasteiger partial charge in [0.25, 0.3) is 0 Å². The number of hydrogen-bond donors (Lipinski definition) is 0. The van der Waals surface area contributed by atoms with Crippen LogP contribution in [0.4, 0.5) is 0 Å². The van der Waals surface area contributed by atoms with Gasteiger partial charge in [0, 0.05) is 12.1 Å². The van der Waals surface area contributed by atoms with Crippen LogP contribution in [0.1, 0.15) is 34.6 Å². The Balaban J connectivity index is 2.84. The summed E-state index contributed by atoms with van der Waals surface area (Å²) >= 11 is 0. The summed E-state index contributed by atoms with van der Waals surface area (Å²) in [6.07, 6.45) is 4.68. The second-order valence-corrected chi connectivity index (χ2v) is 4.99. The van der Waals surface area contributed by atoms with Gasteiger partial charge in [-0.05, 0) is 25.8 Å². The Hall–Kier alpha value is -0.300. The molecule has 0 bridgehead atoms. The van der Waals surface area contributed by atoms with E-state index in [1.807, 2.05) is 0 Å². The maximum atomic E-state index is 2.52. The molecule has 70 valence electrons. The van der Waals surface area contributed by atoms with E-state index in [9.17, 15) is 0 Å². The first-order valence-electron chi connectivity index (χ1n) is 4.83. The summed E-state index contributed by atoms with van der Waals surface area (Å²) in [5.41, 5.74) is 0.607. The lowest BCUT2D eigenvalue weighted by atomic mass is 9.83. The fourth-order valence-corrected chi connectivity index (χ4v) is 1.80. The summed E-state index contributed by atoms with van der Waals surface area (Å²) in [4.78, 5) is 2.52. The monoisotopic (exact) mass is 167 g/mol. The van der Waals surface area contributed by atoms with Gasteiger partial charge in [0.2, 0.25) is 0 Å². The van der Waals surface area contributed by atoms with Gasteiger partial charge in [-0.2, -0.15) is 0 Å². The maximum Gasteiger partial charge on any atom is 0.0335 e. The van der Waals surface area contributed by atoms with Crippen molar-refractivity contribution in [3.63, 3.8) is 0 Å². The molecule has 1 heteroatoms. The highest BCUT2D eigenvalue weighted by atomic mass is 15.2. The molecule has 0 N–H and O–H groups in total. The minimum atomic E-state index is 0.254. The van der Waals surface area contributed by atoms with Gasteiger partial charge in [0.15, 0.2) is 0 Å². The molecule has 0 unspecified atom stereocenters.